The number of halogens is 4. The molecule has 0 aliphatic rings. The second-order valence-electron chi connectivity index (χ2n) is 1.91. The average Bonchev–Trinajstić information content (AvgIpc) is 1.85. The van der Waals surface area contributed by atoms with Crippen molar-refractivity contribution in [2.75, 3.05) is 19.8 Å². The molecule has 0 aromatic rings. The minimum absolute atomic E-state index is 0.0728. The first-order valence-corrected chi connectivity index (χ1v) is 4.09. The lowest BCUT2D eigenvalue weighted by molar-refractivity contribution is -0.173. The third-order valence-corrected chi connectivity index (χ3v) is 1.52. The number of rotatable bonds is 4. The molecular weight excluding hydrogens is 276 g/mol. The summed E-state index contributed by atoms with van der Waals surface area (Å²) in [5.74, 6) is 0. The summed E-state index contributed by atoms with van der Waals surface area (Å²) in [6.07, 6.45) is -4.27. The van der Waals surface area contributed by atoms with E-state index in [4.69, 9.17) is 5.11 Å². The van der Waals surface area contributed by atoms with Crippen LogP contribution in [0.5, 0.6) is 0 Å². The molecule has 2 nitrogen and oxygen atoms in total. The molecule has 1 atom stereocenters. The topological polar surface area (TPSA) is 29.5 Å². The number of hydrogen-bond acceptors (Lipinski definition) is 2. The maximum Gasteiger partial charge on any atom is 0.411 e. The summed E-state index contributed by atoms with van der Waals surface area (Å²) in [7, 11) is 0. The Kier molecular flexibility index (Phi) is 5.36. The average molecular weight is 284 g/mol. The van der Waals surface area contributed by atoms with Crippen LogP contribution in [0.15, 0.2) is 0 Å². The second-order valence-corrected chi connectivity index (χ2v) is 3.67. The quantitative estimate of drug-likeness (QED) is 0.624. The van der Waals surface area contributed by atoms with E-state index in [2.05, 4.69) is 4.74 Å². The Morgan fingerprint density at radius 2 is 2.00 bits per heavy atom. The SMILES string of the molecule is OCC(I)COCC(F)(F)F. The summed E-state index contributed by atoms with van der Waals surface area (Å²) in [5, 5.41) is 8.40. The molecule has 11 heavy (non-hydrogen) atoms. The van der Waals surface area contributed by atoms with Crippen molar-refractivity contribution in [1.29, 1.82) is 0 Å². The Hall–Kier alpha value is 0.440. The molecule has 0 heterocycles. The number of aliphatic hydroxyl groups is 1. The van der Waals surface area contributed by atoms with E-state index in [1.165, 1.54) is 0 Å². The molecular formula is C5H8F3IO2. The highest BCUT2D eigenvalue weighted by atomic mass is 127. The molecule has 0 aromatic heterocycles. The van der Waals surface area contributed by atoms with E-state index in [-0.39, 0.29) is 17.1 Å². The van der Waals surface area contributed by atoms with Crippen LogP contribution in [-0.2, 0) is 4.74 Å². The zero-order valence-corrected chi connectivity index (χ0v) is 7.72. The van der Waals surface area contributed by atoms with E-state index < -0.39 is 12.8 Å². The van der Waals surface area contributed by atoms with Gasteiger partial charge in [-0.3, -0.25) is 0 Å². The Labute approximate surface area is 75.9 Å². The summed E-state index contributed by atoms with van der Waals surface area (Å²) >= 11 is 1.81. The molecule has 68 valence electrons. The van der Waals surface area contributed by atoms with Gasteiger partial charge in [-0.15, -0.1) is 0 Å². The largest absolute Gasteiger partial charge is 0.411 e. The van der Waals surface area contributed by atoms with Crippen molar-refractivity contribution in [2.45, 2.75) is 10.1 Å². The fraction of sp³-hybridized carbons (Fsp3) is 1.00. The highest BCUT2D eigenvalue weighted by Crippen LogP contribution is 2.14. The van der Waals surface area contributed by atoms with Crippen LogP contribution in [0.1, 0.15) is 0 Å². The van der Waals surface area contributed by atoms with Gasteiger partial charge in [0.05, 0.1) is 17.1 Å². The Morgan fingerprint density at radius 3 is 2.36 bits per heavy atom. The molecule has 1 unspecified atom stereocenters. The molecule has 1 N–H and O–H groups in total. The van der Waals surface area contributed by atoms with E-state index >= 15 is 0 Å². The molecule has 0 aromatic carbocycles. The van der Waals surface area contributed by atoms with Crippen molar-refractivity contribution in [1.82, 2.24) is 0 Å². The van der Waals surface area contributed by atoms with Crippen LogP contribution in [0.2, 0.25) is 0 Å². The fourth-order valence-corrected chi connectivity index (χ4v) is 0.609. The first-order valence-electron chi connectivity index (χ1n) is 2.85. The summed E-state index contributed by atoms with van der Waals surface area (Å²) in [6, 6.07) is 0. The zero-order valence-electron chi connectivity index (χ0n) is 5.57. The second kappa shape index (κ2) is 5.15. The van der Waals surface area contributed by atoms with Crippen molar-refractivity contribution in [3.8, 4) is 0 Å². The number of aliphatic hydroxyl groups excluding tert-OH is 1. The lowest BCUT2D eigenvalue weighted by Gasteiger charge is -2.09. The third-order valence-electron chi connectivity index (χ3n) is 0.763. The molecule has 0 fully saturated rings. The molecule has 0 radical (unpaired) electrons. The summed E-state index contributed by atoms with van der Waals surface area (Å²) in [5.41, 5.74) is 0. The van der Waals surface area contributed by atoms with Gasteiger partial charge in [0, 0.05) is 0 Å². The van der Waals surface area contributed by atoms with Gasteiger partial charge in [-0.2, -0.15) is 13.2 Å². The molecule has 6 heteroatoms. The van der Waals surface area contributed by atoms with Gasteiger partial charge in [-0.05, 0) is 0 Å². The van der Waals surface area contributed by atoms with Crippen LogP contribution in [0.3, 0.4) is 0 Å². The van der Waals surface area contributed by atoms with Crippen LogP contribution in [0.25, 0.3) is 0 Å². The number of ether oxygens (including phenoxy) is 1. The lowest BCUT2D eigenvalue weighted by Crippen LogP contribution is -2.21. The summed E-state index contributed by atoms with van der Waals surface area (Å²) in [6.45, 7) is -1.48. The van der Waals surface area contributed by atoms with Crippen molar-refractivity contribution in [3.63, 3.8) is 0 Å². The molecule has 0 spiro atoms. The minimum Gasteiger partial charge on any atom is -0.395 e. The summed E-state index contributed by atoms with van der Waals surface area (Å²) < 4.78 is 38.2. The maximum atomic E-state index is 11.4. The van der Waals surface area contributed by atoms with Gasteiger partial charge in [0.25, 0.3) is 0 Å². The molecule has 0 amide bonds. The van der Waals surface area contributed by atoms with E-state index in [0.29, 0.717) is 0 Å². The van der Waals surface area contributed by atoms with E-state index in [9.17, 15) is 13.2 Å². The van der Waals surface area contributed by atoms with E-state index in [0.717, 1.165) is 0 Å². The Bertz CT molecular complexity index is 106. The first kappa shape index (κ1) is 11.4. The number of alkyl halides is 4. The smallest absolute Gasteiger partial charge is 0.395 e. The monoisotopic (exact) mass is 284 g/mol. The van der Waals surface area contributed by atoms with Gasteiger partial charge in [-0.25, -0.2) is 0 Å². The molecule has 0 saturated heterocycles. The van der Waals surface area contributed by atoms with Gasteiger partial charge in [-0.1, -0.05) is 22.6 Å². The highest BCUT2D eigenvalue weighted by Gasteiger charge is 2.27. The Balaban J connectivity index is 3.28. The number of hydrogen-bond donors (Lipinski definition) is 1. The minimum atomic E-state index is -4.27. The van der Waals surface area contributed by atoms with E-state index in [1.54, 1.807) is 0 Å². The Morgan fingerprint density at radius 1 is 1.45 bits per heavy atom. The zero-order chi connectivity index (χ0) is 8.91. The standard InChI is InChI=1S/C5H8F3IO2/c6-5(7,8)3-11-2-4(9)1-10/h4,10H,1-3H2. The maximum absolute atomic E-state index is 11.4. The summed E-state index contributed by atoms with van der Waals surface area (Å²) in [4.78, 5) is 0. The normalized spacial score (nSPS) is 15.0. The highest BCUT2D eigenvalue weighted by molar-refractivity contribution is 14.1. The fourth-order valence-electron chi connectivity index (χ4n) is 0.355. The molecule has 0 rings (SSSR count). The van der Waals surface area contributed by atoms with Crippen molar-refractivity contribution < 1.29 is 23.0 Å². The van der Waals surface area contributed by atoms with Crippen molar-refractivity contribution in [3.05, 3.63) is 0 Å². The van der Waals surface area contributed by atoms with E-state index in [1.807, 2.05) is 22.6 Å². The van der Waals surface area contributed by atoms with Crippen LogP contribution in [0.4, 0.5) is 13.2 Å². The van der Waals surface area contributed by atoms with Gasteiger partial charge in [0.15, 0.2) is 0 Å². The van der Waals surface area contributed by atoms with Crippen LogP contribution in [0, 0.1) is 0 Å². The molecule has 0 aliphatic carbocycles. The van der Waals surface area contributed by atoms with Crippen LogP contribution in [-0.4, -0.2) is 35.0 Å². The lowest BCUT2D eigenvalue weighted by atomic mass is 10.5. The van der Waals surface area contributed by atoms with Crippen molar-refractivity contribution >= 4 is 22.6 Å². The molecule has 0 bridgehead atoms. The predicted molar refractivity (Wildman–Crippen MR) is 41.8 cm³/mol. The molecule has 0 aliphatic heterocycles. The van der Waals surface area contributed by atoms with Crippen LogP contribution >= 0.6 is 22.6 Å². The van der Waals surface area contributed by atoms with Gasteiger partial charge >= 0.3 is 6.18 Å². The predicted octanol–water partition coefficient (Wildman–Crippen LogP) is 1.36. The van der Waals surface area contributed by atoms with Gasteiger partial charge < -0.3 is 9.84 Å². The first-order chi connectivity index (χ1) is 4.95. The van der Waals surface area contributed by atoms with Crippen LogP contribution < -0.4 is 0 Å². The van der Waals surface area contributed by atoms with Crippen molar-refractivity contribution in [2.24, 2.45) is 0 Å². The van der Waals surface area contributed by atoms with Gasteiger partial charge in [0.1, 0.15) is 6.61 Å². The third kappa shape index (κ3) is 8.35. The van der Waals surface area contributed by atoms with Gasteiger partial charge in [0.2, 0.25) is 0 Å². The molecule has 0 saturated carbocycles.